The van der Waals surface area contributed by atoms with Gasteiger partial charge in [-0.1, -0.05) is 83.8 Å². The van der Waals surface area contributed by atoms with Gasteiger partial charge >= 0.3 is 0 Å². The fourth-order valence-electron chi connectivity index (χ4n) is 7.98. The van der Waals surface area contributed by atoms with Crippen molar-refractivity contribution in [2.75, 3.05) is 53.5 Å². The molecule has 2 saturated heterocycles. The van der Waals surface area contributed by atoms with Crippen LogP contribution < -0.4 is 30.7 Å². The van der Waals surface area contributed by atoms with Crippen LogP contribution in [0.15, 0.2) is 81.2 Å². The Morgan fingerprint density at radius 2 is 0.985 bits per heavy atom. The van der Waals surface area contributed by atoms with E-state index >= 15 is 0 Å². The third-order valence-electron chi connectivity index (χ3n) is 12.0. The molecule has 4 heterocycles. The van der Waals surface area contributed by atoms with Crippen LogP contribution in [0.25, 0.3) is 0 Å². The van der Waals surface area contributed by atoms with Crippen molar-refractivity contribution in [3.63, 3.8) is 0 Å². The first-order chi connectivity index (χ1) is 32.4. The monoisotopic (exact) mass is 1000 g/mol. The van der Waals surface area contributed by atoms with Crippen molar-refractivity contribution < 1.29 is 35.9 Å². The summed E-state index contributed by atoms with van der Waals surface area (Å²) in [5, 5.41) is 12.7. The number of nitrogens with one attached hydrogen (secondary N) is 4. The van der Waals surface area contributed by atoms with Gasteiger partial charge in [0, 0.05) is 59.1 Å². The molecule has 370 valence electrons. The standard InChI is InChI=1S/C25H37N3O4S2.C24H35N3O4S2/c1-3-4-5-6-7-8-15-26-21-14-16-28(19-21)34(30,31)24-13-12-23(33-24)18-27-25(29)20-10-9-11-22(17-20)32-2;1-3-4-5-6-7-14-25-20-13-15-27(18-20)33(29,30)23-12-11-22(32-23)17-26-24(28)19-9-8-10-21(16-19)31-2/h9-13,17,21,26H,3-8,14-16,18-19H2,1-2H3,(H,27,29);8-12,16,20,25H,3-7,13-15,17-18H2,1-2H3,(H,26,28). The van der Waals surface area contributed by atoms with Gasteiger partial charge in [-0.2, -0.15) is 8.61 Å². The lowest BCUT2D eigenvalue weighted by molar-refractivity contribution is 0.0943. The molecule has 0 radical (unpaired) electrons. The largest absolute Gasteiger partial charge is 0.497 e. The van der Waals surface area contributed by atoms with E-state index in [0.717, 1.165) is 48.5 Å². The van der Waals surface area contributed by atoms with Crippen molar-refractivity contribution in [1.82, 2.24) is 29.9 Å². The molecule has 2 aromatic heterocycles. The highest BCUT2D eigenvalue weighted by Crippen LogP contribution is 2.29. The maximum atomic E-state index is 13.1. The van der Waals surface area contributed by atoms with Crippen molar-refractivity contribution in [1.29, 1.82) is 0 Å². The highest BCUT2D eigenvalue weighted by molar-refractivity contribution is 7.91. The Balaban J connectivity index is 0.000000251. The number of methoxy groups -OCH3 is 2. The number of hydrogen-bond acceptors (Lipinski definition) is 12. The molecule has 2 aliphatic rings. The molecule has 2 aromatic carbocycles. The molecule has 4 aromatic rings. The fraction of sp³-hybridized carbons (Fsp3) is 0.551. The quantitative estimate of drug-likeness (QED) is 0.0425. The molecular weight excluding hydrogens is 929 g/mol. The van der Waals surface area contributed by atoms with Crippen molar-refractivity contribution in [2.24, 2.45) is 0 Å². The van der Waals surface area contributed by atoms with Crippen molar-refractivity contribution in [3.8, 4) is 11.5 Å². The van der Waals surface area contributed by atoms with Gasteiger partial charge in [-0.3, -0.25) is 9.59 Å². The van der Waals surface area contributed by atoms with Gasteiger partial charge in [0.2, 0.25) is 0 Å². The highest BCUT2D eigenvalue weighted by Gasteiger charge is 2.34. The second-order valence-electron chi connectivity index (χ2n) is 17.1. The van der Waals surface area contributed by atoms with Crippen LogP contribution in [-0.2, 0) is 33.1 Å². The zero-order valence-corrected chi connectivity index (χ0v) is 43.0. The maximum Gasteiger partial charge on any atom is 0.252 e. The van der Waals surface area contributed by atoms with Crippen LogP contribution in [0.5, 0.6) is 11.5 Å². The maximum absolute atomic E-state index is 13.1. The Morgan fingerprint density at radius 3 is 1.39 bits per heavy atom. The van der Waals surface area contributed by atoms with Crippen LogP contribution in [0.2, 0.25) is 0 Å². The molecule has 6 rings (SSSR count). The van der Waals surface area contributed by atoms with E-state index in [1.807, 2.05) is 0 Å². The zero-order chi connectivity index (χ0) is 48.1. The van der Waals surface area contributed by atoms with Gasteiger partial charge in [0.25, 0.3) is 31.9 Å². The summed E-state index contributed by atoms with van der Waals surface area (Å²) >= 11 is 2.43. The molecule has 2 fully saturated rings. The Hall–Kier alpha value is -3.88. The summed E-state index contributed by atoms with van der Waals surface area (Å²) in [6.45, 7) is 8.97. The number of rotatable bonds is 27. The van der Waals surface area contributed by atoms with E-state index in [9.17, 15) is 26.4 Å². The Morgan fingerprint density at radius 1 is 0.582 bits per heavy atom. The first-order valence-electron chi connectivity index (χ1n) is 23.9. The Bertz CT molecular complexity index is 2350. The lowest BCUT2D eigenvalue weighted by Crippen LogP contribution is -2.35. The minimum atomic E-state index is -3.51. The summed E-state index contributed by atoms with van der Waals surface area (Å²) in [4.78, 5) is 26.4. The van der Waals surface area contributed by atoms with Crippen molar-refractivity contribution >= 4 is 54.5 Å². The van der Waals surface area contributed by atoms with Crippen molar-refractivity contribution in [2.45, 2.75) is 131 Å². The average molecular weight is 1000 g/mol. The molecule has 2 unspecified atom stereocenters. The minimum absolute atomic E-state index is 0.215. The van der Waals surface area contributed by atoms with Crippen LogP contribution in [0.4, 0.5) is 0 Å². The number of nitrogens with zero attached hydrogens (tertiary/aromatic N) is 2. The van der Waals surface area contributed by atoms with Crippen molar-refractivity contribution in [3.05, 3.63) is 93.7 Å². The molecule has 0 saturated carbocycles. The SMILES string of the molecule is CCCCCCCCNC1CCN(S(=O)(=O)c2ccc(CNC(=O)c3cccc(OC)c3)s2)C1.CCCCCCCNC1CCN(S(=O)(=O)c2ccc(CNC(=O)c3cccc(OC)c3)s2)C1. The molecule has 18 heteroatoms. The van der Waals surface area contributed by atoms with E-state index in [1.54, 1.807) is 95.6 Å². The predicted octanol–water partition coefficient (Wildman–Crippen LogP) is 8.41. The van der Waals surface area contributed by atoms with Gasteiger partial charge in [0.05, 0.1) is 27.3 Å². The number of sulfonamides is 2. The second kappa shape index (κ2) is 27.9. The highest BCUT2D eigenvalue weighted by atomic mass is 32.3. The number of carbonyl (C=O) groups is 2. The zero-order valence-electron chi connectivity index (χ0n) is 39.7. The molecule has 67 heavy (non-hydrogen) atoms. The molecule has 4 N–H and O–H groups in total. The number of ether oxygens (including phenoxy) is 2. The van der Waals surface area contributed by atoms with Crippen LogP contribution in [0.1, 0.15) is 128 Å². The topological polar surface area (TPSA) is 175 Å². The summed E-state index contributed by atoms with van der Waals surface area (Å²) in [5.41, 5.74) is 1.00. The van der Waals surface area contributed by atoms with Crippen LogP contribution in [0.3, 0.4) is 0 Å². The summed E-state index contributed by atoms with van der Waals surface area (Å²) in [5.74, 6) is 0.773. The van der Waals surface area contributed by atoms with E-state index in [1.165, 1.54) is 80.5 Å². The van der Waals surface area contributed by atoms with Gasteiger partial charge in [0.1, 0.15) is 19.9 Å². The van der Waals surface area contributed by atoms with E-state index in [-0.39, 0.29) is 37.0 Å². The fourth-order valence-corrected chi connectivity index (χ4v) is 13.9. The van der Waals surface area contributed by atoms with Gasteiger partial charge in [0.15, 0.2) is 0 Å². The summed E-state index contributed by atoms with van der Waals surface area (Å²) in [6, 6.07) is 21.1. The normalized spacial score (nSPS) is 16.7. The summed E-state index contributed by atoms with van der Waals surface area (Å²) < 4.78 is 66.5. The van der Waals surface area contributed by atoms with E-state index in [4.69, 9.17) is 9.47 Å². The van der Waals surface area contributed by atoms with Gasteiger partial charge in [-0.05, 0) is 99.4 Å². The van der Waals surface area contributed by atoms with Crippen LogP contribution >= 0.6 is 22.7 Å². The third kappa shape index (κ3) is 16.9. The molecule has 0 bridgehead atoms. The smallest absolute Gasteiger partial charge is 0.252 e. The van der Waals surface area contributed by atoms with Gasteiger partial charge in [-0.25, -0.2) is 16.8 Å². The second-order valence-corrected chi connectivity index (χ2v) is 23.7. The molecule has 0 spiro atoms. The first-order valence-corrected chi connectivity index (χ1v) is 28.4. The molecule has 2 amide bonds. The number of benzene rings is 2. The molecule has 2 aliphatic heterocycles. The number of thiophene rings is 2. The predicted molar refractivity (Wildman–Crippen MR) is 269 cm³/mol. The number of hydrogen-bond donors (Lipinski definition) is 4. The lowest BCUT2D eigenvalue weighted by Gasteiger charge is -2.16. The van der Waals surface area contributed by atoms with Crippen LogP contribution in [-0.4, -0.2) is 103 Å². The van der Waals surface area contributed by atoms with Crippen LogP contribution in [0, 0.1) is 0 Å². The molecule has 14 nitrogen and oxygen atoms in total. The minimum Gasteiger partial charge on any atom is -0.497 e. The molecular formula is C49H72N6O8S4. The van der Waals surface area contributed by atoms with E-state index in [2.05, 4.69) is 35.1 Å². The van der Waals surface area contributed by atoms with Gasteiger partial charge < -0.3 is 30.7 Å². The third-order valence-corrected chi connectivity index (χ3v) is 18.8. The number of amides is 2. The molecule has 2 atom stereocenters. The summed E-state index contributed by atoms with van der Waals surface area (Å²) in [6.07, 6.45) is 15.3. The van der Waals surface area contributed by atoms with E-state index in [0.29, 0.717) is 57.2 Å². The van der Waals surface area contributed by atoms with E-state index < -0.39 is 20.0 Å². The lowest BCUT2D eigenvalue weighted by atomic mass is 10.1. The molecule has 0 aliphatic carbocycles. The Labute approximate surface area is 407 Å². The number of carbonyl (C=O) groups excluding carboxylic acids is 2. The van der Waals surface area contributed by atoms with Gasteiger partial charge in [-0.15, -0.1) is 22.7 Å². The summed E-state index contributed by atoms with van der Waals surface area (Å²) in [7, 11) is -3.92. The first kappa shape index (κ1) is 54.1. The Kier molecular flexibility index (Phi) is 22.6. The average Bonchev–Trinajstić information content (AvgIpc) is 4.20. The number of unbranched alkanes of at least 4 members (excludes halogenated alkanes) is 9.